The average Bonchev–Trinajstić information content (AvgIpc) is 2.43. The summed E-state index contributed by atoms with van der Waals surface area (Å²) >= 11 is 4.05. The summed E-state index contributed by atoms with van der Waals surface area (Å²) in [7, 11) is 0. The summed E-state index contributed by atoms with van der Waals surface area (Å²) in [4.78, 5) is 23.3. The summed E-state index contributed by atoms with van der Waals surface area (Å²) in [5.41, 5.74) is 5.83. The Hall–Kier alpha value is -1.81. The summed E-state index contributed by atoms with van der Waals surface area (Å²) in [5, 5.41) is 2.09. The van der Waals surface area contributed by atoms with Crippen molar-refractivity contribution in [2.45, 2.75) is 6.42 Å². The van der Waals surface area contributed by atoms with Gasteiger partial charge in [0.2, 0.25) is 5.91 Å². The highest BCUT2D eigenvalue weighted by atomic mass is 32.1. The maximum atomic E-state index is 12.1. The van der Waals surface area contributed by atoms with Crippen molar-refractivity contribution in [3.63, 3.8) is 0 Å². The number of rotatable bonds is 5. The quantitative estimate of drug-likeness (QED) is 0.649. The monoisotopic (exact) mass is 273 g/mol. The van der Waals surface area contributed by atoms with Crippen molar-refractivity contribution in [2.75, 3.05) is 5.75 Å². The van der Waals surface area contributed by atoms with Crippen LogP contribution in [0.5, 0.6) is 0 Å². The minimum atomic E-state index is -0.512. The third-order valence-corrected chi connectivity index (χ3v) is 3.57. The Labute approximate surface area is 117 Å². The molecule has 0 aliphatic rings. The van der Waals surface area contributed by atoms with Gasteiger partial charge in [-0.05, 0) is 16.8 Å². The van der Waals surface area contributed by atoms with E-state index in [0.717, 1.165) is 10.8 Å². The Morgan fingerprint density at radius 2 is 1.79 bits per heavy atom. The Kier molecular flexibility index (Phi) is 4.22. The molecule has 1 amide bonds. The first-order chi connectivity index (χ1) is 9.11. The molecular formula is C15H15NO2S. The molecule has 19 heavy (non-hydrogen) atoms. The SMILES string of the molecule is NC(=O)[C@H](CS)CC(=O)c1ccc2ccccc2c1. The fourth-order valence-electron chi connectivity index (χ4n) is 1.96. The number of Topliss-reactive ketones (excluding diaryl/α,β-unsaturated/α-hetero) is 1. The zero-order valence-electron chi connectivity index (χ0n) is 10.4. The number of benzene rings is 2. The number of amides is 1. The molecule has 98 valence electrons. The summed E-state index contributed by atoms with van der Waals surface area (Å²) < 4.78 is 0. The Morgan fingerprint density at radius 1 is 1.11 bits per heavy atom. The molecule has 0 fully saturated rings. The normalized spacial score (nSPS) is 12.3. The van der Waals surface area contributed by atoms with E-state index in [0.29, 0.717) is 5.56 Å². The van der Waals surface area contributed by atoms with Gasteiger partial charge in [0.05, 0.1) is 5.92 Å². The second kappa shape index (κ2) is 5.89. The van der Waals surface area contributed by atoms with Crippen LogP contribution < -0.4 is 5.73 Å². The third kappa shape index (κ3) is 3.15. The molecule has 4 heteroatoms. The van der Waals surface area contributed by atoms with Crippen LogP contribution in [0.3, 0.4) is 0 Å². The van der Waals surface area contributed by atoms with Crippen LogP contribution in [0, 0.1) is 5.92 Å². The van der Waals surface area contributed by atoms with Gasteiger partial charge in [-0.15, -0.1) is 0 Å². The van der Waals surface area contributed by atoms with Crippen molar-refractivity contribution in [2.24, 2.45) is 11.7 Å². The molecule has 2 aromatic carbocycles. The summed E-state index contributed by atoms with van der Waals surface area (Å²) in [5.74, 6) is -0.788. The molecule has 2 aromatic rings. The second-order valence-corrected chi connectivity index (χ2v) is 4.84. The molecule has 0 aliphatic heterocycles. The van der Waals surface area contributed by atoms with E-state index in [1.807, 2.05) is 36.4 Å². The molecule has 0 saturated heterocycles. The van der Waals surface area contributed by atoms with Crippen LogP contribution in [0.4, 0.5) is 0 Å². The molecule has 0 aliphatic carbocycles. The first kappa shape index (κ1) is 13.6. The van der Waals surface area contributed by atoms with E-state index >= 15 is 0 Å². The van der Waals surface area contributed by atoms with Gasteiger partial charge in [0, 0.05) is 17.7 Å². The fraction of sp³-hybridized carbons (Fsp3) is 0.200. The zero-order chi connectivity index (χ0) is 13.8. The molecular weight excluding hydrogens is 258 g/mol. The lowest BCUT2D eigenvalue weighted by Gasteiger charge is -2.09. The number of hydrogen-bond donors (Lipinski definition) is 2. The number of ketones is 1. The minimum Gasteiger partial charge on any atom is -0.369 e. The van der Waals surface area contributed by atoms with Gasteiger partial charge >= 0.3 is 0 Å². The van der Waals surface area contributed by atoms with Gasteiger partial charge in [0.25, 0.3) is 0 Å². The van der Waals surface area contributed by atoms with Crippen molar-refractivity contribution in [3.8, 4) is 0 Å². The molecule has 0 bridgehead atoms. The first-order valence-corrected chi connectivity index (χ1v) is 6.67. The van der Waals surface area contributed by atoms with Crippen molar-refractivity contribution in [1.82, 2.24) is 0 Å². The van der Waals surface area contributed by atoms with Gasteiger partial charge in [0.15, 0.2) is 5.78 Å². The molecule has 0 aromatic heterocycles. The number of primary amides is 1. The highest BCUT2D eigenvalue weighted by Gasteiger charge is 2.18. The second-order valence-electron chi connectivity index (χ2n) is 4.47. The van der Waals surface area contributed by atoms with Crippen LogP contribution in [0.25, 0.3) is 10.8 Å². The topological polar surface area (TPSA) is 60.2 Å². The number of fused-ring (bicyclic) bond motifs is 1. The predicted molar refractivity (Wildman–Crippen MR) is 79.4 cm³/mol. The Balaban J connectivity index is 2.24. The first-order valence-electron chi connectivity index (χ1n) is 6.04. The van der Waals surface area contributed by atoms with Crippen LogP contribution in [-0.4, -0.2) is 17.4 Å². The third-order valence-electron chi connectivity index (χ3n) is 3.13. The molecule has 2 rings (SSSR count). The van der Waals surface area contributed by atoms with E-state index in [1.54, 1.807) is 6.07 Å². The van der Waals surface area contributed by atoms with Gasteiger partial charge in [-0.1, -0.05) is 36.4 Å². The summed E-state index contributed by atoms with van der Waals surface area (Å²) in [6.45, 7) is 0. The molecule has 0 saturated carbocycles. The lowest BCUT2D eigenvalue weighted by atomic mass is 9.97. The maximum Gasteiger partial charge on any atom is 0.221 e. The van der Waals surface area contributed by atoms with Gasteiger partial charge in [-0.3, -0.25) is 9.59 Å². The van der Waals surface area contributed by atoms with Crippen LogP contribution in [0.2, 0.25) is 0 Å². The number of hydrogen-bond acceptors (Lipinski definition) is 3. The van der Waals surface area contributed by atoms with Gasteiger partial charge < -0.3 is 5.73 Å². The molecule has 0 radical (unpaired) electrons. The van der Waals surface area contributed by atoms with Crippen LogP contribution in [0.15, 0.2) is 42.5 Å². The zero-order valence-corrected chi connectivity index (χ0v) is 11.3. The number of carbonyl (C=O) groups excluding carboxylic acids is 2. The number of carbonyl (C=O) groups is 2. The smallest absolute Gasteiger partial charge is 0.221 e. The van der Waals surface area contributed by atoms with E-state index in [1.165, 1.54) is 0 Å². The van der Waals surface area contributed by atoms with E-state index in [2.05, 4.69) is 12.6 Å². The van der Waals surface area contributed by atoms with E-state index in [9.17, 15) is 9.59 Å². The molecule has 0 spiro atoms. The van der Waals surface area contributed by atoms with Crippen LogP contribution in [0.1, 0.15) is 16.8 Å². The van der Waals surface area contributed by atoms with E-state index in [-0.39, 0.29) is 18.0 Å². The highest BCUT2D eigenvalue weighted by Crippen LogP contribution is 2.18. The molecule has 0 heterocycles. The maximum absolute atomic E-state index is 12.1. The Morgan fingerprint density at radius 3 is 2.42 bits per heavy atom. The van der Waals surface area contributed by atoms with E-state index in [4.69, 9.17) is 5.73 Å². The lowest BCUT2D eigenvalue weighted by molar-refractivity contribution is -0.121. The standard InChI is InChI=1S/C15H15NO2S/c16-15(18)13(9-19)8-14(17)12-6-5-10-3-1-2-4-11(10)7-12/h1-7,13,19H,8-9H2,(H2,16,18)/t13-/m0/s1. The Bertz CT molecular complexity index is 624. The van der Waals surface area contributed by atoms with Crippen LogP contribution in [-0.2, 0) is 4.79 Å². The molecule has 2 N–H and O–H groups in total. The van der Waals surface area contributed by atoms with Crippen molar-refractivity contribution in [3.05, 3.63) is 48.0 Å². The average molecular weight is 273 g/mol. The van der Waals surface area contributed by atoms with Gasteiger partial charge in [0.1, 0.15) is 0 Å². The van der Waals surface area contributed by atoms with Gasteiger partial charge in [-0.25, -0.2) is 0 Å². The summed E-state index contributed by atoms with van der Waals surface area (Å²) in [6.07, 6.45) is 0.108. The number of nitrogens with two attached hydrogens (primary N) is 1. The minimum absolute atomic E-state index is 0.0800. The molecule has 1 atom stereocenters. The molecule has 0 unspecified atom stereocenters. The number of thiol groups is 1. The fourth-order valence-corrected chi connectivity index (χ4v) is 2.27. The lowest BCUT2D eigenvalue weighted by Crippen LogP contribution is -2.27. The molecule has 3 nitrogen and oxygen atoms in total. The summed E-state index contributed by atoms with van der Waals surface area (Å²) in [6, 6.07) is 13.3. The largest absolute Gasteiger partial charge is 0.369 e. The predicted octanol–water partition coefficient (Wildman–Crippen LogP) is 2.44. The van der Waals surface area contributed by atoms with Crippen molar-refractivity contribution in [1.29, 1.82) is 0 Å². The van der Waals surface area contributed by atoms with Crippen molar-refractivity contribution >= 4 is 35.1 Å². The van der Waals surface area contributed by atoms with Crippen molar-refractivity contribution < 1.29 is 9.59 Å². The van der Waals surface area contributed by atoms with E-state index < -0.39 is 11.8 Å². The highest BCUT2D eigenvalue weighted by molar-refractivity contribution is 7.80. The van der Waals surface area contributed by atoms with Crippen LogP contribution >= 0.6 is 12.6 Å². The van der Waals surface area contributed by atoms with Gasteiger partial charge in [-0.2, -0.15) is 12.6 Å².